The molecule has 0 amide bonds. The zero-order valence-corrected chi connectivity index (χ0v) is 27.4. The molecule has 0 radical (unpaired) electrons. The SMILES string of the molecule is O=S(=O)(CNC12CC3CC1C(c1cccc([S+](c4ccccc4)c4ccccc4)c1)C3C2)NS(=O)(=O)C(F)(F)C(F)(F)C(F)(F)C(F)(F)F. The van der Waals surface area contributed by atoms with Crippen LogP contribution in [0.15, 0.2) is 99.6 Å². The molecule has 0 spiro atoms. The van der Waals surface area contributed by atoms with E-state index in [9.17, 15) is 56.3 Å². The van der Waals surface area contributed by atoms with Gasteiger partial charge in [0, 0.05) is 5.54 Å². The fourth-order valence-corrected chi connectivity index (χ4v) is 12.8. The summed E-state index contributed by atoms with van der Waals surface area (Å²) in [5.41, 5.74) is 0.0731. The van der Waals surface area contributed by atoms with E-state index < -0.39 is 65.6 Å². The summed E-state index contributed by atoms with van der Waals surface area (Å²) >= 11 is 0. The zero-order chi connectivity index (χ0) is 35.8. The first kappa shape index (κ1) is 36.0. The number of sulfonamides is 2. The van der Waals surface area contributed by atoms with Crippen LogP contribution in [-0.4, -0.2) is 51.5 Å². The second-order valence-corrected chi connectivity index (χ2v) is 18.3. The van der Waals surface area contributed by atoms with Gasteiger partial charge in [-0.2, -0.15) is 39.5 Å². The van der Waals surface area contributed by atoms with E-state index in [0.29, 0.717) is 19.3 Å². The molecule has 0 saturated heterocycles. The minimum Gasteiger partial charge on any atom is -0.297 e. The van der Waals surface area contributed by atoms with Crippen LogP contribution in [0, 0.1) is 17.8 Å². The van der Waals surface area contributed by atoms with Crippen LogP contribution in [0.3, 0.4) is 0 Å². The largest absolute Gasteiger partial charge is 0.460 e. The van der Waals surface area contributed by atoms with E-state index in [2.05, 4.69) is 11.4 Å². The first-order valence-electron chi connectivity index (χ1n) is 14.8. The van der Waals surface area contributed by atoms with Crippen molar-refractivity contribution < 1.29 is 56.3 Å². The summed E-state index contributed by atoms with van der Waals surface area (Å²) in [5, 5.41) is -4.47. The monoisotopic (exact) mass is 759 g/mol. The van der Waals surface area contributed by atoms with E-state index in [1.807, 2.05) is 78.9 Å². The van der Waals surface area contributed by atoms with Crippen LogP contribution >= 0.6 is 0 Å². The highest BCUT2D eigenvalue weighted by molar-refractivity contribution is 8.05. The highest BCUT2D eigenvalue weighted by Gasteiger charge is 2.85. The average Bonchev–Trinajstić information content (AvgIpc) is 3.75. The van der Waals surface area contributed by atoms with E-state index in [4.69, 9.17) is 0 Å². The van der Waals surface area contributed by atoms with Gasteiger partial charge in [-0.05, 0) is 84.9 Å². The lowest BCUT2D eigenvalue weighted by atomic mass is 9.80. The topological polar surface area (TPSA) is 92.3 Å². The Kier molecular flexibility index (Phi) is 8.73. The third-order valence-corrected chi connectivity index (χ3v) is 15.3. The van der Waals surface area contributed by atoms with Crippen molar-refractivity contribution in [3.63, 3.8) is 0 Å². The van der Waals surface area contributed by atoms with Gasteiger partial charge >= 0.3 is 23.3 Å². The molecule has 4 aliphatic carbocycles. The summed E-state index contributed by atoms with van der Waals surface area (Å²) in [6.07, 6.45) is -5.74. The zero-order valence-electron chi connectivity index (χ0n) is 25.0. The summed E-state index contributed by atoms with van der Waals surface area (Å²) in [7, 11) is -13.3. The van der Waals surface area contributed by atoms with Crippen LogP contribution in [0.2, 0.25) is 0 Å². The maximum atomic E-state index is 14.2. The molecule has 5 unspecified atom stereocenters. The molecular weight excluding hydrogens is 732 g/mol. The first-order valence-corrected chi connectivity index (χ1v) is 19.2. The molecule has 7 rings (SSSR count). The van der Waals surface area contributed by atoms with Crippen molar-refractivity contribution >= 4 is 30.9 Å². The summed E-state index contributed by atoms with van der Waals surface area (Å²) in [6, 6.07) is 27.7. The van der Waals surface area contributed by atoms with Crippen molar-refractivity contribution in [3.8, 4) is 0 Å². The van der Waals surface area contributed by atoms with Gasteiger partial charge in [0.15, 0.2) is 14.7 Å². The molecule has 4 fully saturated rings. The van der Waals surface area contributed by atoms with Crippen LogP contribution < -0.4 is 9.44 Å². The Hall–Kier alpha value is -2.80. The number of hydrogen-bond acceptors (Lipinski definition) is 5. The minimum absolute atomic E-state index is 0.0600. The Labute approximate surface area is 278 Å². The second kappa shape index (κ2) is 11.9. The van der Waals surface area contributed by atoms with Gasteiger partial charge in [-0.3, -0.25) is 5.32 Å². The molecule has 3 aromatic carbocycles. The van der Waals surface area contributed by atoms with Gasteiger partial charge in [-0.25, -0.2) is 16.8 Å². The second-order valence-electron chi connectivity index (χ2n) is 12.5. The Morgan fingerprint density at radius 2 is 1.27 bits per heavy atom. The van der Waals surface area contributed by atoms with Crippen molar-refractivity contribution in [2.24, 2.45) is 17.8 Å². The van der Waals surface area contributed by atoms with Gasteiger partial charge in [0.05, 0.1) is 10.9 Å². The highest BCUT2D eigenvalue weighted by atomic mass is 32.3. The molecular formula is C31H28F9N2O4S3+. The molecule has 5 atom stereocenters. The summed E-state index contributed by atoms with van der Waals surface area (Å²) in [6.45, 7) is 0. The smallest absolute Gasteiger partial charge is 0.297 e. The van der Waals surface area contributed by atoms with Crippen molar-refractivity contribution in [1.82, 2.24) is 9.44 Å². The lowest BCUT2D eigenvalue weighted by molar-refractivity contribution is -0.382. The number of halogens is 9. The van der Waals surface area contributed by atoms with Gasteiger partial charge < -0.3 is 0 Å². The Morgan fingerprint density at radius 1 is 0.714 bits per heavy atom. The maximum absolute atomic E-state index is 14.2. The molecule has 2 N–H and O–H groups in total. The normalized spacial score (nSPS) is 25.8. The molecule has 0 aromatic heterocycles. The summed E-state index contributed by atoms with van der Waals surface area (Å²) in [4.78, 5) is 3.20. The fraction of sp³-hybridized carbons (Fsp3) is 0.419. The van der Waals surface area contributed by atoms with Crippen LogP contribution in [0.5, 0.6) is 0 Å². The maximum Gasteiger partial charge on any atom is 0.460 e. The molecule has 49 heavy (non-hydrogen) atoms. The van der Waals surface area contributed by atoms with E-state index in [1.54, 1.807) is 0 Å². The fourth-order valence-electron chi connectivity index (χ4n) is 7.75. The Bertz CT molecular complexity index is 1890. The molecule has 18 heteroatoms. The predicted octanol–water partition coefficient (Wildman–Crippen LogP) is 6.89. The van der Waals surface area contributed by atoms with E-state index >= 15 is 0 Å². The standard InChI is InChI=1S/C31H28F9N2O4S3/c32-28(33,30(36,37)38)29(34,35)31(39,40)49(45,46)42-48(43,44)18-41-27-16-20-15-25(27)26(24(20)17-27)19-8-7-13-23(14-19)47(21-9-3-1-4-10-21)22-11-5-2-6-12-22/h1-14,20,24-26,41-42H,15-18H2/q+1. The van der Waals surface area contributed by atoms with Crippen LogP contribution in [0.25, 0.3) is 0 Å². The lowest BCUT2D eigenvalue weighted by Gasteiger charge is -2.34. The van der Waals surface area contributed by atoms with Crippen molar-refractivity contribution in [1.29, 1.82) is 0 Å². The Morgan fingerprint density at radius 3 is 1.80 bits per heavy atom. The summed E-state index contributed by atoms with van der Waals surface area (Å²) in [5.74, 6) is -16.5. The van der Waals surface area contributed by atoms with Gasteiger partial charge in [-0.1, -0.05) is 48.5 Å². The van der Waals surface area contributed by atoms with Crippen LogP contribution in [0.4, 0.5) is 39.5 Å². The third-order valence-electron chi connectivity index (χ3n) is 9.73. The number of hydrogen-bond donors (Lipinski definition) is 2. The minimum atomic E-state index is -7.56. The molecule has 266 valence electrons. The van der Waals surface area contributed by atoms with Gasteiger partial charge in [0.1, 0.15) is 5.88 Å². The molecule has 0 heterocycles. The first-order chi connectivity index (χ1) is 22.6. The van der Waals surface area contributed by atoms with Crippen LogP contribution in [-0.2, 0) is 30.9 Å². The predicted molar refractivity (Wildman–Crippen MR) is 161 cm³/mol. The van der Waals surface area contributed by atoms with E-state index in [-0.39, 0.29) is 27.8 Å². The highest BCUT2D eigenvalue weighted by Crippen LogP contribution is 2.71. The van der Waals surface area contributed by atoms with E-state index in [1.165, 1.54) is 0 Å². The average molecular weight is 760 g/mol. The molecule has 6 nitrogen and oxygen atoms in total. The quantitative estimate of drug-likeness (QED) is 0.155. The van der Waals surface area contributed by atoms with Crippen LogP contribution in [0.1, 0.15) is 30.7 Å². The molecule has 0 aliphatic heterocycles. The van der Waals surface area contributed by atoms with Gasteiger partial charge in [-0.15, -0.1) is 4.13 Å². The van der Waals surface area contributed by atoms with Gasteiger partial charge in [0.25, 0.3) is 10.0 Å². The van der Waals surface area contributed by atoms with Crippen molar-refractivity contribution in [3.05, 3.63) is 90.5 Å². The van der Waals surface area contributed by atoms with Crippen molar-refractivity contribution in [2.75, 3.05) is 5.88 Å². The third kappa shape index (κ3) is 5.84. The Balaban J connectivity index is 1.21. The van der Waals surface area contributed by atoms with Crippen molar-refractivity contribution in [2.45, 2.75) is 68.7 Å². The van der Waals surface area contributed by atoms with E-state index in [0.717, 1.165) is 20.2 Å². The number of benzene rings is 3. The molecule has 4 aliphatic rings. The number of alkyl halides is 9. The van der Waals surface area contributed by atoms with Gasteiger partial charge in [0.2, 0.25) is 10.0 Å². The lowest BCUT2D eigenvalue weighted by Crippen LogP contribution is -2.65. The molecule has 4 saturated carbocycles. The summed E-state index contributed by atoms with van der Waals surface area (Å²) < 4.78 is 169. The molecule has 3 aromatic rings. The molecule has 4 bridgehead atoms. The number of nitrogens with one attached hydrogen (secondary N) is 2. The number of rotatable bonds is 12.